The van der Waals surface area contributed by atoms with Crippen LogP contribution in [-0.4, -0.2) is 33.6 Å². The van der Waals surface area contributed by atoms with Crippen LogP contribution < -0.4 is 5.32 Å². The third-order valence-electron chi connectivity index (χ3n) is 5.37. The molecule has 1 fully saturated rings. The lowest BCUT2D eigenvalue weighted by Gasteiger charge is -2.27. The number of fused-ring (bicyclic) bond motifs is 1. The summed E-state index contributed by atoms with van der Waals surface area (Å²) in [4.78, 5) is 28.0. The molecule has 0 bridgehead atoms. The molecule has 26 heavy (non-hydrogen) atoms. The number of hydrogen-bond acceptors (Lipinski definition) is 5. The van der Waals surface area contributed by atoms with Crippen molar-refractivity contribution in [3.63, 3.8) is 0 Å². The normalized spacial score (nSPS) is 21.7. The van der Waals surface area contributed by atoms with Crippen LogP contribution in [0.1, 0.15) is 67.8 Å². The highest BCUT2D eigenvalue weighted by atomic mass is 16.6. The molecule has 1 saturated carbocycles. The molecule has 2 unspecified atom stereocenters. The number of pyridine rings is 1. The van der Waals surface area contributed by atoms with E-state index in [1.54, 1.807) is 0 Å². The van der Waals surface area contributed by atoms with Crippen LogP contribution in [0.3, 0.4) is 0 Å². The zero-order chi connectivity index (χ0) is 19.3. The Labute approximate surface area is 154 Å². The second kappa shape index (κ2) is 6.34. The van der Waals surface area contributed by atoms with Crippen molar-refractivity contribution in [2.75, 3.05) is 0 Å². The third kappa shape index (κ3) is 3.47. The second-order valence-corrected chi connectivity index (χ2v) is 8.65. The smallest absolute Gasteiger partial charge is 0.408 e. The largest absolute Gasteiger partial charge is 0.444 e. The van der Waals surface area contributed by atoms with Gasteiger partial charge < -0.3 is 20.0 Å². The van der Waals surface area contributed by atoms with Gasteiger partial charge in [0.2, 0.25) is 0 Å². The van der Waals surface area contributed by atoms with Gasteiger partial charge in [0.05, 0.1) is 11.2 Å². The molecular formula is C20H28N2O4. The fourth-order valence-corrected chi connectivity index (χ4v) is 3.81. The number of aryl methyl sites for hydroxylation is 1. The van der Waals surface area contributed by atoms with Crippen LogP contribution in [0.15, 0.2) is 0 Å². The summed E-state index contributed by atoms with van der Waals surface area (Å²) in [6.07, 6.45) is 2.36. The standard InChI is InChI=1S/C20H28N2O4/c1-11-14-8-13(10-23)9-15(14)12(2)21-16(11)17(24)20(6-7-20)22-18(25)26-19(3,4)5/h10,13,17,24H,6-9H2,1-5H3,(H,22,25). The maximum absolute atomic E-state index is 12.2. The summed E-state index contributed by atoms with van der Waals surface area (Å²) in [7, 11) is 0. The lowest BCUT2D eigenvalue weighted by molar-refractivity contribution is -0.110. The number of carbonyl (C=O) groups is 2. The third-order valence-corrected chi connectivity index (χ3v) is 5.37. The van der Waals surface area contributed by atoms with E-state index in [0.29, 0.717) is 25.0 Å². The van der Waals surface area contributed by atoms with Gasteiger partial charge in [0.25, 0.3) is 0 Å². The van der Waals surface area contributed by atoms with Crippen LogP contribution >= 0.6 is 0 Å². The number of alkyl carbamates (subject to hydrolysis) is 1. The zero-order valence-corrected chi connectivity index (χ0v) is 16.2. The first-order chi connectivity index (χ1) is 12.1. The number of rotatable bonds is 4. The molecule has 0 saturated heterocycles. The molecular weight excluding hydrogens is 332 g/mol. The molecule has 2 aliphatic carbocycles. The lowest BCUT2D eigenvalue weighted by Crippen LogP contribution is -2.44. The maximum atomic E-state index is 12.2. The molecule has 0 spiro atoms. The van der Waals surface area contributed by atoms with Crippen molar-refractivity contribution >= 4 is 12.4 Å². The van der Waals surface area contributed by atoms with Crippen molar-refractivity contribution in [3.8, 4) is 0 Å². The Bertz CT molecular complexity index is 747. The van der Waals surface area contributed by atoms with E-state index in [9.17, 15) is 14.7 Å². The van der Waals surface area contributed by atoms with E-state index in [-0.39, 0.29) is 5.92 Å². The minimum atomic E-state index is -0.894. The van der Waals surface area contributed by atoms with Gasteiger partial charge in [0.15, 0.2) is 0 Å². The average molecular weight is 360 g/mol. The van der Waals surface area contributed by atoms with Crippen LogP contribution in [0, 0.1) is 19.8 Å². The maximum Gasteiger partial charge on any atom is 0.408 e. The Kier molecular flexibility index (Phi) is 4.59. The fourth-order valence-electron chi connectivity index (χ4n) is 3.81. The first-order valence-corrected chi connectivity index (χ1v) is 9.19. The number of nitrogens with one attached hydrogen (secondary N) is 1. The summed E-state index contributed by atoms with van der Waals surface area (Å²) in [6, 6.07) is 0. The topological polar surface area (TPSA) is 88.5 Å². The SMILES string of the molecule is Cc1nc(C(O)C2(NC(=O)OC(C)(C)C)CC2)c(C)c2c1CC(C=O)C2. The molecule has 0 aromatic carbocycles. The molecule has 6 heteroatoms. The number of aliphatic hydroxyl groups excluding tert-OH is 1. The van der Waals surface area contributed by atoms with Crippen LogP contribution in [0.25, 0.3) is 0 Å². The van der Waals surface area contributed by atoms with E-state index in [0.717, 1.165) is 35.1 Å². The van der Waals surface area contributed by atoms with Crippen LogP contribution in [-0.2, 0) is 22.4 Å². The van der Waals surface area contributed by atoms with Crippen molar-refractivity contribution in [2.24, 2.45) is 5.92 Å². The van der Waals surface area contributed by atoms with Gasteiger partial charge >= 0.3 is 6.09 Å². The highest BCUT2D eigenvalue weighted by molar-refractivity contribution is 5.70. The first-order valence-electron chi connectivity index (χ1n) is 9.19. The average Bonchev–Trinajstić information content (AvgIpc) is 3.16. The second-order valence-electron chi connectivity index (χ2n) is 8.65. The van der Waals surface area contributed by atoms with E-state index in [1.165, 1.54) is 0 Å². The highest BCUT2D eigenvalue weighted by Crippen LogP contribution is 2.47. The van der Waals surface area contributed by atoms with Crippen molar-refractivity contribution in [3.05, 3.63) is 28.1 Å². The minimum Gasteiger partial charge on any atom is -0.444 e. The Morgan fingerprint density at radius 3 is 2.46 bits per heavy atom. The van der Waals surface area contributed by atoms with Crippen molar-refractivity contribution in [1.29, 1.82) is 0 Å². The lowest BCUT2D eigenvalue weighted by atomic mass is 9.95. The van der Waals surface area contributed by atoms with Gasteiger partial charge in [-0.3, -0.25) is 4.98 Å². The van der Waals surface area contributed by atoms with Gasteiger partial charge in [-0.15, -0.1) is 0 Å². The van der Waals surface area contributed by atoms with Crippen molar-refractivity contribution < 1.29 is 19.4 Å². The number of aldehydes is 1. The number of carbonyl (C=O) groups excluding carboxylic acids is 2. The van der Waals surface area contributed by atoms with Crippen molar-refractivity contribution in [2.45, 2.75) is 77.5 Å². The summed E-state index contributed by atoms with van der Waals surface area (Å²) in [5.74, 6) is -0.00799. The van der Waals surface area contributed by atoms with Crippen molar-refractivity contribution in [1.82, 2.24) is 10.3 Å². The summed E-state index contributed by atoms with van der Waals surface area (Å²) in [5, 5.41) is 13.9. The Hall–Kier alpha value is -1.95. The number of aromatic nitrogens is 1. The van der Waals surface area contributed by atoms with E-state index < -0.39 is 23.3 Å². The summed E-state index contributed by atoms with van der Waals surface area (Å²) >= 11 is 0. The van der Waals surface area contributed by atoms with Gasteiger partial charge in [-0.25, -0.2) is 4.79 Å². The van der Waals surface area contributed by atoms with Crippen LogP contribution in [0.4, 0.5) is 4.79 Å². The summed E-state index contributed by atoms with van der Waals surface area (Å²) in [6.45, 7) is 9.29. The quantitative estimate of drug-likeness (QED) is 0.806. The zero-order valence-electron chi connectivity index (χ0n) is 16.2. The number of nitrogens with zero attached hydrogens (tertiary/aromatic N) is 1. The van der Waals surface area contributed by atoms with E-state index in [2.05, 4.69) is 10.3 Å². The van der Waals surface area contributed by atoms with Gasteiger partial charge in [-0.2, -0.15) is 0 Å². The molecule has 1 aromatic heterocycles. The van der Waals surface area contributed by atoms with E-state index in [4.69, 9.17) is 4.74 Å². The molecule has 2 N–H and O–H groups in total. The molecule has 1 amide bonds. The van der Waals surface area contributed by atoms with Gasteiger partial charge in [0, 0.05) is 11.6 Å². The van der Waals surface area contributed by atoms with Gasteiger partial charge in [-0.05, 0) is 77.0 Å². The monoisotopic (exact) mass is 360 g/mol. The first kappa shape index (κ1) is 18.8. The molecule has 2 atom stereocenters. The van der Waals surface area contributed by atoms with Gasteiger partial charge in [0.1, 0.15) is 18.0 Å². The highest BCUT2D eigenvalue weighted by Gasteiger charge is 2.52. The number of ether oxygens (including phenoxy) is 1. The Balaban J connectivity index is 1.85. The molecule has 2 aliphatic rings. The molecule has 0 radical (unpaired) electrons. The molecule has 3 rings (SSSR count). The molecule has 1 aromatic rings. The molecule has 0 aliphatic heterocycles. The molecule has 1 heterocycles. The van der Waals surface area contributed by atoms with Crippen LogP contribution in [0.5, 0.6) is 0 Å². The summed E-state index contributed by atoms with van der Waals surface area (Å²) < 4.78 is 5.34. The van der Waals surface area contributed by atoms with E-state index in [1.807, 2.05) is 34.6 Å². The van der Waals surface area contributed by atoms with Crippen LogP contribution in [0.2, 0.25) is 0 Å². The number of amides is 1. The number of aliphatic hydroxyl groups is 1. The number of hydrogen-bond donors (Lipinski definition) is 2. The predicted octanol–water partition coefficient (Wildman–Crippen LogP) is 2.70. The van der Waals surface area contributed by atoms with Gasteiger partial charge in [-0.1, -0.05) is 0 Å². The summed E-state index contributed by atoms with van der Waals surface area (Å²) in [5.41, 5.74) is 3.33. The van der Waals surface area contributed by atoms with E-state index >= 15 is 0 Å². The predicted molar refractivity (Wildman–Crippen MR) is 97.0 cm³/mol. The molecule has 6 nitrogen and oxygen atoms in total. The Morgan fingerprint density at radius 2 is 1.92 bits per heavy atom. The Morgan fingerprint density at radius 1 is 1.31 bits per heavy atom. The minimum absolute atomic E-state index is 0.00799. The molecule has 142 valence electrons. The fraction of sp³-hybridized carbons (Fsp3) is 0.650.